The minimum Gasteiger partial charge on any atom is -0.497 e. The van der Waals surface area contributed by atoms with Gasteiger partial charge in [-0.25, -0.2) is 9.97 Å². The van der Waals surface area contributed by atoms with E-state index in [9.17, 15) is 4.79 Å². The summed E-state index contributed by atoms with van der Waals surface area (Å²) in [5.74, 6) is 1.75. The normalized spacial score (nSPS) is 10.8. The van der Waals surface area contributed by atoms with E-state index in [1.165, 1.54) is 0 Å². The van der Waals surface area contributed by atoms with Crippen molar-refractivity contribution in [3.05, 3.63) is 66.4 Å². The van der Waals surface area contributed by atoms with Crippen molar-refractivity contribution in [3.63, 3.8) is 0 Å². The number of ether oxygens (including phenoxy) is 2. The van der Waals surface area contributed by atoms with Gasteiger partial charge in [0.05, 0.1) is 14.2 Å². The molecule has 0 saturated carbocycles. The van der Waals surface area contributed by atoms with Gasteiger partial charge in [0.15, 0.2) is 5.65 Å². The van der Waals surface area contributed by atoms with E-state index in [1.54, 1.807) is 44.7 Å². The van der Waals surface area contributed by atoms with Gasteiger partial charge in [0, 0.05) is 47.8 Å². The number of amides is 1. The third-order valence-corrected chi connectivity index (χ3v) is 4.81. The van der Waals surface area contributed by atoms with Crippen LogP contribution in [0.5, 0.6) is 11.5 Å². The van der Waals surface area contributed by atoms with Gasteiger partial charge < -0.3 is 19.4 Å². The summed E-state index contributed by atoms with van der Waals surface area (Å²) in [5.41, 5.74) is 3.62. The molecule has 0 aliphatic rings. The summed E-state index contributed by atoms with van der Waals surface area (Å²) in [5, 5.41) is 2.90. The lowest BCUT2D eigenvalue weighted by Gasteiger charge is -2.11. The van der Waals surface area contributed by atoms with Gasteiger partial charge >= 0.3 is 0 Å². The number of aryl methyl sites for hydroxylation is 1. The predicted molar refractivity (Wildman–Crippen MR) is 116 cm³/mol. The van der Waals surface area contributed by atoms with E-state index >= 15 is 0 Å². The third-order valence-electron chi connectivity index (χ3n) is 4.81. The van der Waals surface area contributed by atoms with E-state index in [0.717, 1.165) is 29.1 Å². The molecule has 1 N–H and O–H groups in total. The number of fused-ring (bicyclic) bond motifs is 1. The highest BCUT2D eigenvalue weighted by atomic mass is 16.5. The van der Waals surface area contributed by atoms with Crippen molar-refractivity contribution in [2.75, 3.05) is 19.5 Å². The number of hydrogen-bond donors (Lipinski definition) is 1. The fraction of sp³-hybridized carbons (Fsp3) is 0.174. The number of methoxy groups -OCH3 is 2. The molecule has 4 aromatic rings. The molecular formula is C23H22N4O3. The van der Waals surface area contributed by atoms with Crippen molar-refractivity contribution >= 4 is 22.8 Å². The number of nitrogens with zero attached hydrogens (tertiary/aromatic N) is 3. The second-order valence-corrected chi connectivity index (χ2v) is 6.66. The number of anilines is 1. The molecule has 0 radical (unpaired) electrons. The second kappa shape index (κ2) is 8.24. The number of nitrogens with one attached hydrogen (secondary N) is 1. The number of carbonyl (C=O) groups is 1. The molecule has 0 unspecified atom stereocenters. The van der Waals surface area contributed by atoms with Gasteiger partial charge in [-0.05, 0) is 31.2 Å². The molecule has 2 aromatic carbocycles. The minimum atomic E-state index is -0.232. The van der Waals surface area contributed by atoms with E-state index in [-0.39, 0.29) is 5.91 Å². The van der Waals surface area contributed by atoms with E-state index < -0.39 is 0 Å². The zero-order chi connectivity index (χ0) is 21.1. The van der Waals surface area contributed by atoms with Crippen LogP contribution < -0.4 is 14.8 Å². The molecular weight excluding hydrogens is 380 g/mol. The number of aromatic nitrogens is 3. The molecule has 0 saturated heterocycles. The number of hydrogen-bond acceptors (Lipinski definition) is 5. The van der Waals surface area contributed by atoms with Gasteiger partial charge in [-0.3, -0.25) is 4.79 Å². The van der Waals surface area contributed by atoms with Gasteiger partial charge in [0.25, 0.3) is 5.91 Å². The average Bonchev–Trinajstić information content (AvgIpc) is 3.17. The smallest absolute Gasteiger partial charge is 0.255 e. The monoisotopic (exact) mass is 402 g/mol. The van der Waals surface area contributed by atoms with E-state index in [2.05, 4.69) is 10.3 Å². The Morgan fingerprint density at radius 2 is 1.80 bits per heavy atom. The van der Waals surface area contributed by atoms with Crippen LogP contribution in [0.15, 0.2) is 60.8 Å². The maximum Gasteiger partial charge on any atom is 0.255 e. The van der Waals surface area contributed by atoms with Gasteiger partial charge in [0.1, 0.15) is 22.8 Å². The Morgan fingerprint density at radius 3 is 2.50 bits per heavy atom. The van der Waals surface area contributed by atoms with E-state index in [4.69, 9.17) is 14.5 Å². The fourth-order valence-corrected chi connectivity index (χ4v) is 3.36. The van der Waals surface area contributed by atoms with Gasteiger partial charge in [-0.1, -0.05) is 12.1 Å². The summed E-state index contributed by atoms with van der Waals surface area (Å²) < 4.78 is 12.6. The molecule has 0 atom stereocenters. The van der Waals surface area contributed by atoms with E-state index in [1.807, 2.05) is 41.8 Å². The molecule has 0 aliphatic carbocycles. The Balaban J connectivity index is 1.67. The number of rotatable bonds is 6. The number of benzene rings is 2. The number of pyridine rings is 1. The molecule has 1 amide bonds. The lowest BCUT2D eigenvalue weighted by atomic mass is 10.1. The van der Waals surface area contributed by atoms with Gasteiger partial charge in [-0.2, -0.15) is 0 Å². The van der Waals surface area contributed by atoms with Crippen molar-refractivity contribution in [2.45, 2.75) is 13.5 Å². The summed E-state index contributed by atoms with van der Waals surface area (Å²) in [7, 11) is 3.14. The van der Waals surface area contributed by atoms with Crippen molar-refractivity contribution in [3.8, 4) is 22.9 Å². The average molecular weight is 402 g/mol. The maximum absolute atomic E-state index is 12.9. The molecule has 0 fully saturated rings. The zero-order valence-electron chi connectivity index (χ0n) is 17.0. The number of carbonyl (C=O) groups excluding carboxylic acids is 1. The second-order valence-electron chi connectivity index (χ2n) is 6.66. The van der Waals surface area contributed by atoms with Crippen molar-refractivity contribution in [2.24, 2.45) is 0 Å². The Kier molecular flexibility index (Phi) is 5.34. The quantitative estimate of drug-likeness (QED) is 0.518. The van der Waals surface area contributed by atoms with Crippen LogP contribution in [0.2, 0.25) is 0 Å². The highest BCUT2D eigenvalue weighted by molar-refractivity contribution is 6.05. The fourth-order valence-electron chi connectivity index (χ4n) is 3.36. The lowest BCUT2D eigenvalue weighted by Crippen LogP contribution is -2.12. The molecule has 0 spiro atoms. The topological polar surface area (TPSA) is 78.3 Å². The molecule has 0 aliphatic heterocycles. The predicted octanol–water partition coefficient (Wildman–Crippen LogP) is 4.39. The Labute approximate surface area is 174 Å². The van der Waals surface area contributed by atoms with Crippen LogP contribution in [0.1, 0.15) is 17.3 Å². The molecule has 0 bridgehead atoms. The van der Waals surface area contributed by atoms with Crippen LogP contribution >= 0.6 is 0 Å². The van der Waals surface area contributed by atoms with Crippen LogP contribution in [0.3, 0.4) is 0 Å². The highest BCUT2D eigenvalue weighted by Crippen LogP contribution is 2.27. The molecule has 2 heterocycles. The molecule has 2 aromatic heterocycles. The van der Waals surface area contributed by atoms with Crippen LogP contribution in [0.4, 0.5) is 5.69 Å². The van der Waals surface area contributed by atoms with Crippen molar-refractivity contribution < 1.29 is 14.3 Å². The van der Waals surface area contributed by atoms with Crippen molar-refractivity contribution in [1.29, 1.82) is 0 Å². The molecule has 7 nitrogen and oxygen atoms in total. The SMILES string of the molecule is CCn1c(-c2cccc(C(=O)Nc3cc(OC)cc(OC)c3)c2)nc2cccnc21. The van der Waals surface area contributed by atoms with Crippen LogP contribution in [0.25, 0.3) is 22.6 Å². The summed E-state index contributed by atoms with van der Waals surface area (Å²) in [4.78, 5) is 22.1. The number of imidazole rings is 1. The summed E-state index contributed by atoms with van der Waals surface area (Å²) >= 11 is 0. The molecule has 4 rings (SSSR count). The van der Waals surface area contributed by atoms with E-state index in [0.29, 0.717) is 22.7 Å². The standard InChI is InChI=1S/C23H22N4O3/c1-4-27-21(26-20-9-6-10-24-22(20)27)15-7-5-8-16(11-15)23(28)25-17-12-18(29-2)14-19(13-17)30-3/h5-14H,4H2,1-3H3,(H,25,28). The molecule has 152 valence electrons. The zero-order valence-corrected chi connectivity index (χ0v) is 17.0. The highest BCUT2D eigenvalue weighted by Gasteiger charge is 2.15. The summed E-state index contributed by atoms with van der Waals surface area (Å²) in [6, 6.07) is 16.4. The summed E-state index contributed by atoms with van der Waals surface area (Å²) in [6.07, 6.45) is 1.76. The van der Waals surface area contributed by atoms with Gasteiger partial charge in [-0.15, -0.1) is 0 Å². The van der Waals surface area contributed by atoms with Gasteiger partial charge in [0.2, 0.25) is 0 Å². The van der Waals surface area contributed by atoms with Crippen LogP contribution in [-0.2, 0) is 6.54 Å². The lowest BCUT2D eigenvalue weighted by molar-refractivity contribution is 0.102. The van der Waals surface area contributed by atoms with Crippen molar-refractivity contribution in [1.82, 2.24) is 14.5 Å². The first-order valence-corrected chi connectivity index (χ1v) is 9.59. The Morgan fingerprint density at radius 1 is 1.03 bits per heavy atom. The Hall–Kier alpha value is -3.87. The maximum atomic E-state index is 12.9. The molecule has 7 heteroatoms. The first-order chi connectivity index (χ1) is 14.6. The minimum absolute atomic E-state index is 0.232. The Bertz CT molecular complexity index is 1190. The largest absolute Gasteiger partial charge is 0.497 e. The third kappa shape index (κ3) is 3.69. The first kappa shape index (κ1) is 19.4. The van der Waals surface area contributed by atoms with Crippen LogP contribution in [0, 0.1) is 0 Å². The van der Waals surface area contributed by atoms with Crippen LogP contribution in [-0.4, -0.2) is 34.7 Å². The summed E-state index contributed by atoms with van der Waals surface area (Å²) in [6.45, 7) is 2.77. The molecule has 30 heavy (non-hydrogen) atoms. The first-order valence-electron chi connectivity index (χ1n) is 9.59.